The number of hydrogen-bond donors (Lipinski definition) is 0. The Morgan fingerprint density at radius 1 is 1.29 bits per heavy atom. The van der Waals surface area contributed by atoms with Gasteiger partial charge < -0.3 is 4.52 Å². The minimum Gasteiger partial charge on any atom is -0.364 e. The third-order valence-electron chi connectivity index (χ3n) is 4.26. The van der Waals surface area contributed by atoms with E-state index in [-0.39, 0.29) is 0 Å². The zero-order valence-corrected chi connectivity index (χ0v) is 14.2. The Morgan fingerprint density at radius 2 is 2.17 bits per heavy atom. The summed E-state index contributed by atoms with van der Waals surface area (Å²) in [5.41, 5.74) is 3.27. The van der Waals surface area contributed by atoms with Crippen LogP contribution in [0.4, 0.5) is 0 Å². The lowest BCUT2D eigenvalue weighted by Crippen LogP contribution is -2.38. The summed E-state index contributed by atoms with van der Waals surface area (Å²) in [5.74, 6) is 0.924. The van der Waals surface area contributed by atoms with Crippen LogP contribution in [0.2, 0.25) is 0 Å². The molecule has 0 fully saturated rings. The fourth-order valence-electron chi connectivity index (χ4n) is 2.84. The first kappa shape index (κ1) is 15.3. The molecule has 0 bridgehead atoms. The van der Waals surface area contributed by atoms with E-state index >= 15 is 0 Å². The molecule has 24 heavy (non-hydrogen) atoms. The van der Waals surface area contributed by atoms with Gasteiger partial charge in [0.2, 0.25) is 5.16 Å². The summed E-state index contributed by atoms with van der Waals surface area (Å²) in [6, 6.07) is 10.4. The lowest BCUT2D eigenvalue weighted by atomic mass is 10.1. The molecule has 0 saturated carbocycles. The van der Waals surface area contributed by atoms with Gasteiger partial charge in [-0.2, -0.15) is 4.68 Å². The van der Waals surface area contributed by atoms with Gasteiger partial charge in [0.05, 0.1) is 11.4 Å². The molecule has 0 spiro atoms. The molecule has 1 aliphatic rings. The number of nitrogens with zero attached hydrogens (tertiary/aromatic N) is 6. The Labute approximate surface area is 144 Å². The molecule has 1 aliphatic heterocycles. The average molecular weight is 342 g/mol. The zero-order valence-electron chi connectivity index (χ0n) is 13.4. The molecule has 4 rings (SSSR count). The van der Waals surface area contributed by atoms with Crippen LogP contribution >= 0.6 is 11.8 Å². The SMILES string of the molecule is C[C@H](CSc1nnnn1-c1ccccc1)N1CCc2nocc2C1. The van der Waals surface area contributed by atoms with Gasteiger partial charge >= 0.3 is 0 Å². The maximum absolute atomic E-state index is 5.07. The van der Waals surface area contributed by atoms with E-state index in [0.29, 0.717) is 6.04 Å². The second-order valence-corrected chi connectivity index (χ2v) is 6.86. The van der Waals surface area contributed by atoms with Crippen molar-refractivity contribution in [3.8, 4) is 5.69 Å². The summed E-state index contributed by atoms with van der Waals surface area (Å²) >= 11 is 1.68. The molecule has 3 aromatic rings. The predicted molar refractivity (Wildman–Crippen MR) is 90.0 cm³/mol. The molecular formula is C16H18N6OS. The molecule has 0 N–H and O–H groups in total. The molecule has 124 valence electrons. The predicted octanol–water partition coefficient (Wildman–Crippen LogP) is 2.19. The lowest BCUT2D eigenvalue weighted by Gasteiger charge is -2.31. The zero-order chi connectivity index (χ0) is 16.4. The Morgan fingerprint density at radius 3 is 3.04 bits per heavy atom. The van der Waals surface area contributed by atoms with Crippen LogP contribution in [0, 0.1) is 0 Å². The fraction of sp³-hybridized carbons (Fsp3) is 0.375. The van der Waals surface area contributed by atoms with Crippen molar-refractivity contribution in [2.75, 3.05) is 12.3 Å². The minimum atomic E-state index is 0.416. The van der Waals surface area contributed by atoms with Crippen molar-refractivity contribution >= 4 is 11.8 Å². The summed E-state index contributed by atoms with van der Waals surface area (Å²) in [4.78, 5) is 2.45. The smallest absolute Gasteiger partial charge is 0.214 e. The number of hydrogen-bond acceptors (Lipinski definition) is 7. The molecule has 7 nitrogen and oxygen atoms in total. The monoisotopic (exact) mass is 342 g/mol. The molecule has 2 aromatic heterocycles. The summed E-state index contributed by atoms with van der Waals surface area (Å²) in [6.45, 7) is 4.14. The fourth-order valence-corrected chi connectivity index (χ4v) is 3.80. The van der Waals surface area contributed by atoms with Crippen LogP contribution in [0.25, 0.3) is 5.69 Å². The van der Waals surface area contributed by atoms with E-state index in [1.54, 1.807) is 22.7 Å². The Hall–Kier alpha value is -2.19. The highest BCUT2D eigenvalue weighted by molar-refractivity contribution is 7.99. The van der Waals surface area contributed by atoms with E-state index in [1.807, 2.05) is 30.3 Å². The number of benzene rings is 1. The van der Waals surface area contributed by atoms with Crippen LogP contribution in [0.5, 0.6) is 0 Å². The van der Waals surface area contributed by atoms with Gasteiger partial charge in [-0.1, -0.05) is 35.1 Å². The van der Waals surface area contributed by atoms with Crippen LogP contribution < -0.4 is 0 Å². The molecular weight excluding hydrogens is 324 g/mol. The number of para-hydroxylation sites is 1. The summed E-state index contributed by atoms with van der Waals surface area (Å²) in [7, 11) is 0. The second-order valence-electron chi connectivity index (χ2n) is 5.88. The summed E-state index contributed by atoms with van der Waals surface area (Å²) in [5, 5.41) is 16.9. The number of rotatable bonds is 5. The molecule has 1 atom stereocenters. The Bertz CT molecular complexity index is 802. The van der Waals surface area contributed by atoms with Gasteiger partial charge in [-0.3, -0.25) is 4.90 Å². The van der Waals surface area contributed by atoms with E-state index < -0.39 is 0 Å². The molecule has 0 radical (unpaired) electrons. The van der Waals surface area contributed by atoms with Crippen LogP contribution in [0.15, 0.2) is 46.3 Å². The summed E-state index contributed by atoms with van der Waals surface area (Å²) in [6.07, 6.45) is 2.71. The van der Waals surface area contributed by atoms with E-state index in [2.05, 4.69) is 32.5 Å². The first-order chi connectivity index (χ1) is 11.8. The van der Waals surface area contributed by atoms with Crippen molar-refractivity contribution in [2.45, 2.75) is 31.1 Å². The van der Waals surface area contributed by atoms with Crippen LogP contribution in [0.3, 0.4) is 0 Å². The number of aromatic nitrogens is 5. The normalized spacial score (nSPS) is 16.0. The first-order valence-electron chi connectivity index (χ1n) is 7.94. The molecule has 0 amide bonds. The number of tetrazole rings is 1. The largest absolute Gasteiger partial charge is 0.364 e. The van der Waals surface area contributed by atoms with Gasteiger partial charge in [0, 0.05) is 36.9 Å². The third-order valence-corrected chi connectivity index (χ3v) is 5.42. The van der Waals surface area contributed by atoms with Gasteiger partial charge in [-0.25, -0.2) is 0 Å². The van der Waals surface area contributed by atoms with Crippen LogP contribution in [-0.2, 0) is 13.0 Å². The van der Waals surface area contributed by atoms with Crippen molar-refractivity contribution in [1.29, 1.82) is 0 Å². The third kappa shape index (κ3) is 3.07. The first-order valence-corrected chi connectivity index (χ1v) is 8.92. The molecule has 3 heterocycles. The highest BCUT2D eigenvalue weighted by atomic mass is 32.2. The Balaban J connectivity index is 1.40. The maximum atomic E-state index is 5.07. The molecule has 0 saturated heterocycles. The lowest BCUT2D eigenvalue weighted by molar-refractivity contribution is 0.206. The van der Waals surface area contributed by atoms with Crippen molar-refractivity contribution in [1.82, 2.24) is 30.3 Å². The van der Waals surface area contributed by atoms with Crippen molar-refractivity contribution in [3.05, 3.63) is 47.9 Å². The van der Waals surface area contributed by atoms with E-state index in [1.165, 1.54) is 5.56 Å². The second kappa shape index (κ2) is 6.74. The topological polar surface area (TPSA) is 72.9 Å². The van der Waals surface area contributed by atoms with Crippen molar-refractivity contribution in [3.63, 3.8) is 0 Å². The number of thioether (sulfide) groups is 1. The van der Waals surface area contributed by atoms with Gasteiger partial charge in [-0.05, 0) is 29.5 Å². The standard InChI is InChI=1S/C16H18N6OS/c1-12(21-8-7-15-13(9-21)10-23-18-15)11-24-16-17-19-20-22(16)14-5-3-2-4-6-14/h2-6,10,12H,7-9,11H2,1H3/t12-/m1/s1. The van der Waals surface area contributed by atoms with Crippen LogP contribution in [0.1, 0.15) is 18.2 Å². The van der Waals surface area contributed by atoms with Crippen molar-refractivity contribution in [2.24, 2.45) is 0 Å². The van der Waals surface area contributed by atoms with Crippen LogP contribution in [-0.4, -0.2) is 48.6 Å². The molecule has 1 aromatic carbocycles. The quantitative estimate of drug-likeness (QED) is 0.658. The molecule has 0 unspecified atom stereocenters. The van der Waals surface area contributed by atoms with Gasteiger partial charge in [0.1, 0.15) is 6.26 Å². The highest BCUT2D eigenvalue weighted by Crippen LogP contribution is 2.24. The maximum Gasteiger partial charge on any atom is 0.214 e. The van der Waals surface area contributed by atoms with E-state index in [4.69, 9.17) is 4.52 Å². The number of fused-ring (bicyclic) bond motifs is 1. The molecule has 0 aliphatic carbocycles. The minimum absolute atomic E-state index is 0.416. The summed E-state index contributed by atoms with van der Waals surface area (Å²) < 4.78 is 6.85. The highest BCUT2D eigenvalue weighted by Gasteiger charge is 2.23. The van der Waals surface area contributed by atoms with E-state index in [9.17, 15) is 0 Å². The average Bonchev–Trinajstić information content (AvgIpc) is 3.28. The molecule has 8 heteroatoms. The van der Waals surface area contributed by atoms with Gasteiger partial charge in [-0.15, -0.1) is 5.10 Å². The van der Waals surface area contributed by atoms with E-state index in [0.717, 1.165) is 41.8 Å². The Kier molecular flexibility index (Phi) is 4.31. The van der Waals surface area contributed by atoms with Crippen molar-refractivity contribution < 1.29 is 4.52 Å². The van der Waals surface area contributed by atoms with Gasteiger partial charge in [0.15, 0.2) is 0 Å². The van der Waals surface area contributed by atoms with Gasteiger partial charge in [0.25, 0.3) is 0 Å².